The number of benzene rings is 3. The summed E-state index contributed by atoms with van der Waals surface area (Å²) >= 11 is 0. The lowest BCUT2D eigenvalue weighted by Crippen LogP contribution is -2.27. The van der Waals surface area contributed by atoms with Crippen LogP contribution in [0.5, 0.6) is 5.75 Å². The maximum absolute atomic E-state index is 6.43. The average molecular weight is 298 g/mol. The summed E-state index contributed by atoms with van der Waals surface area (Å²) in [4.78, 5) is 0. The quantitative estimate of drug-likeness (QED) is 0.605. The van der Waals surface area contributed by atoms with E-state index < -0.39 is 0 Å². The molecular formula is C22H18O. The van der Waals surface area contributed by atoms with Gasteiger partial charge >= 0.3 is 0 Å². The van der Waals surface area contributed by atoms with Crippen LogP contribution in [0.25, 0.3) is 0 Å². The molecule has 0 fully saturated rings. The molecule has 1 aliphatic carbocycles. The molecule has 0 radical (unpaired) electrons. The van der Waals surface area contributed by atoms with Gasteiger partial charge in [0.2, 0.25) is 0 Å². The Morgan fingerprint density at radius 1 is 0.696 bits per heavy atom. The van der Waals surface area contributed by atoms with Crippen molar-refractivity contribution in [2.45, 2.75) is 18.4 Å². The van der Waals surface area contributed by atoms with Gasteiger partial charge in [0.1, 0.15) is 11.9 Å². The van der Waals surface area contributed by atoms with Crippen molar-refractivity contribution in [1.82, 2.24) is 0 Å². The smallest absolute Gasteiger partial charge is 0.128 e. The van der Waals surface area contributed by atoms with Gasteiger partial charge in [-0.2, -0.15) is 0 Å². The lowest BCUT2D eigenvalue weighted by molar-refractivity contribution is 0.116. The van der Waals surface area contributed by atoms with Crippen LogP contribution < -0.4 is 4.74 Å². The lowest BCUT2D eigenvalue weighted by atomic mass is 9.76. The highest BCUT2D eigenvalue weighted by molar-refractivity contribution is 5.49. The van der Waals surface area contributed by atoms with Crippen LogP contribution in [-0.4, -0.2) is 0 Å². The summed E-state index contributed by atoms with van der Waals surface area (Å²) in [6, 6.07) is 28.2. The van der Waals surface area contributed by atoms with Crippen LogP contribution in [0.2, 0.25) is 0 Å². The van der Waals surface area contributed by atoms with Gasteiger partial charge in [-0.1, -0.05) is 72.8 Å². The minimum atomic E-state index is 0.173. The zero-order valence-corrected chi connectivity index (χ0v) is 12.9. The van der Waals surface area contributed by atoms with Crippen molar-refractivity contribution in [2.24, 2.45) is 5.92 Å². The van der Waals surface area contributed by atoms with Gasteiger partial charge in [-0.05, 0) is 29.2 Å². The van der Waals surface area contributed by atoms with Crippen LogP contribution in [0.3, 0.4) is 0 Å². The fraction of sp³-hybridized carbons (Fsp3) is 0.182. The highest BCUT2D eigenvalue weighted by Gasteiger charge is 2.44. The highest BCUT2D eigenvalue weighted by atomic mass is 16.5. The maximum Gasteiger partial charge on any atom is 0.128 e. The highest BCUT2D eigenvalue weighted by Crippen LogP contribution is 2.53. The normalized spacial score (nSPS) is 24.3. The van der Waals surface area contributed by atoms with Crippen LogP contribution in [0.4, 0.5) is 0 Å². The maximum atomic E-state index is 6.43. The number of para-hydroxylation sites is 1. The molecule has 5 rings (SSSR count). The topological polar surface area (TPSA) is 9.23 Å². The van der Waals surface area contributed by atoms with E-state index in [1.807, 2.05) is 0 Å². The fourth-order valence-electron chi connectivity index (χ4n) is 4.33. The van der Waals surface area contributed by atoms with Crippen LogP contribution >= 0.6 is 0 Å². The van der Waals surface area contributed by atoms with E-state index in [1.165, 1.54) is 22.3 Å². The van der Waals surface area contributed by atoms with Gasteiger partial charge < -0.3 is 4.74 Å². The first-order chi connectivity index (χ1) is 11.4. The Balaban J connectivity index is 1.70. The van der Waals surface area contributed by atoms with E-state index in [2.05, 4.69) is 78.9 Å². The zero-order chi connectivity index (χ0) is 15.2. The first kappa shape index (κ1) is 13.0. The van der Waals surface area contributed by atoms with Crippen molar-refractivity contribution < 1.29 is 4.74 Å². The molecule has 3 aromatic rings. The summed E-state index contributed by atoms with van der Waals surface area (Å²) in [7, 11) is 0. The van der Waals surface area contributed by atoms with Crippen LogP contribution in [-0.2, 0) is 6.42 Å². The molecule has 1 nitrogen and oxygen atoms in total. The van der Waals surface area contributed by atoms with E-state index in [0.29, 0.717) is 11.8 Å². The number of rotatable bonds is 1. The summed E-state index contributed by atoms with van der Waals surface area (Å²) in [5.41, 5.74) is 5.53. The Bertz CT molecular complexity index is 853. The first-order valence-corrected chi connectivity index (χ1v) is 8.30. The van der Waals surface area contributed by atoms with Gasteiger partial charge in [0.25, 0.3) is 0 Å². The van der Waals surface area contributed by atoms with Gasteiger partial charge in [-0.25, -0.2) is 0 Å². The van der Waals surface area contributed by atoms with Crippen molar-refractivity contribution >= 4 is 0 Å². The molecule has 112 valence electrons. The predicted octanol–water partition coefficient (Wildman–Crippen LogP) is 5.12. The predicted molar refractivity (Wildman–Crippen MR) is 91.7 cm³/mol. The van der Waals surface area contributed by atoms with Crippen molar-refractivity contribution in [1.29, 1.82) is 0 Å². The Labute approximate surface area is 136 Å². The van der Waals surface area contributed by atoms with E-state index in [1.54, 1.807) is 0 Å². The van der Waals surface area contributed by atoms with Crippen molar-refractivity contribution in [2.75, 3.05) is 0 Å². The van der Waals surface area contributed by atoms with Gasteiger partial charge in [-0.3, -0.25) is 0 Å². The van der Waals surface area contributed by atoms with Crippen molar-refractivity contribution in [3.8, 4) is 5.75 Å². The molecule has 3 aromatic carbocycles. The summed E-state index contributed by atoms with van der Waals surface area (Å²) < 4.78 is 6.43. The molecule has 0 bridgehead atoms. The van der Waals surface area contributed by atoms with Gasteiger partial charge in [0.05, 0.1) is 0 Å². The number of ether oxygens (including phenoxy) is 1. The number of fused-ring (bicyclic) bond motifs is 4. The van der Waals surface area contributed by atoms with Gasteiger partial charge in [0, 0.05) is 17.4 Å². The summed E-state index contributed by atoms with van der Waals surface area (Å²) in [5, 5.41) is 0. The van der Waals surface area contributed by atoms with E-state index in [0.717, 1.165) is 12.2 Å². The zero-order valence-electron chi connectivity index (χ0n) is 12.9. The third-order valence-corrected chi connectivity index (χ3v) is 5.30. The molecule has 0 amide bonds. The minimum absolute atomic E-state index is 0.173. The summed E-state index contributed by atoms with van der Waals surface area (Å²) in [5.74, 6) is 1.92. The SMILES string of the molecule is c1ccc([C@H]2c3ccccc3O[C@H]3c4ccccc4C[C@@H]23)cc1. The van der Waals surface area contributed by atoms with E-state index in [9.17, 15) is 0 Å². The van der Waals surface area contributed by atoms with Crippen LogP contribution in [0.15, 0.2) is 78.9 Å². The van der Waals surface area contributed by atoms with Crippen LogP contribution in [0.1, 0.15) is 34.3 Å². The Kier molecular flexibility index (Phi) is 2.81. The molecular weight excluding hydrogens is 280 g/mol. The number of hydrogen-bond acceptors (Lipinski definition) is 1. The second-order valence-electron chi connectivity index (χ2n) is 6.53. The molecule has 1 heteroatoms. The second kappa shape index (κ2) is 4.99. The summed E-state index contributed by atoms with van der Waals surface area (Å²) in [6.45, 7) is 0. The molecule has 0 spiro atoms. The molecule has 1 heterocycles. The third kappa shape index (κ3) is 1.93. The molecule has 1 aliphatic heterocycles. The first-order valence-electron chi connectivity index (χ1n) is 8.30. The Morgan fingerprint density at radius 3 is 2.26 bits per heavy atom. The van der Waals surface area contributed by atoms with Gasteiger partial charge in [-0.15, -0.1) is 0 Å². The molecule has 2 aliphatic rings. The molecule has 3 atom stereocenters. The molecule has 0 aromatic heterocycles. The monoisotopic (exact) mass is 298 g/mol. The Hall–Kier alpha value is -2.54. The summed E-state index contributed by atoms with van der Waals surface area (Å²) in [6.07, 6.45) is 1.26. The standard InChI is InChI=1S/C22H18O/c1-2-8-15(9-3-1)21-18-12-6-7-13-20(18)23-22-17-11-5-4-10-16(17)14-19(21)22/h1-13,19,21-22H,14H2/t19-,21-,22-/m0/s1. The minimum Gasteiger partial charge on any atom is -0.485 e. The molecule has 0 saturated heterocycles. The second-order valence-corrected chi connectivity index (χ2v) is 6.53. The largest absolute Gasteiger partial charge is 0.485 e. The van der Waals surface area contributed by atoms with E-state index in [-0.39, 0.29) is 6.10 Å². The van der Waals surface area contributed by atoms with Crippen molar-refractivity contribution in [3.05, 3.63) is 101 Å². The van der Waals surface area contributed by atoms with Crippen molar-refractivity contribution in [3.63, 3.8) is 0 Å². The lowest BCUT2D eigenvalue weighted by Gasteiger charge is -2.36. The van der Waals surface area contributed by atoms with Gasteiger partial charge in [0.15, 0.2) is 0 Å². The Morgan fingerprint density at radius 2 is 1.39 bits per heavy atom. The fourth-order valence-corrected chi connectivity index (χ4v) is 4.33. The van der Waals surface area contributed by atoms with Crippen LogP contribution in [0, 0.1) is 5.92 Å². The average Bonchev–Trinajstić information content (AvgIpc) is 2.98. The molecule has 23 heavy (non-hydrogen) atoms. The number of hydrogen-bond donors (Lipinski definition) is 0. The van der Waals surface area contributed by atoms with E-state index in [4.69, 9.17) is 4.74 Å². The molecule has 0 N–H and O–H groups in total. The molecule has 0 saturated carbocycles. The molecule has 0 unspecified atom stereocenters. The van der Waals surface area contributed by atoms with E-state index >= 15 is 0 Å². The third-order valence-electron chi connectivity index (χ3n) is 5.30.